The molecule has 0 radical (unpaired) electrons. The van der Waals surface area contributed by atoms with Crippen molar-refractivity contribution in [2.24, 2.45) is 5.92 Å². The van der Waals surface area contributed by atoms with Crippen LogP contribution in [0.4, 0.5) is 0 Å². The van der Waals surface area contributed by atoms with Crippen LogP contribution < -0.4 is 5.32 Å². The van der Waals surface area contributed by atoms with Crippen molar-refractivity contribution in [1.82, 2.24) is 5.32 Å². The van der Waals surface area contributed by atoms with E-state index < -0.39 is 11.6 Å². The number of nitrogens with one attached hydrogen (secondary N) is 1. The van der Waals surface area contributed by atoms with Gasteiger partial charge in [-0.05, 0) is 49.1 Å². The van der Waals surface area contributed by atoms with Crippen LogP contribution in [0.1, 0.15) is 40.2 Å². The van der Waals surface area contributed by atoms with E-state index in [0.29, 0.717) is 0 Å². The van der Waals surface area contributed by atoms with Crippen LogP contribution in [0.15, 0.2) is 16.8 Å². The minimum absolute atomic E-state index is 0.0173. The van der Waals surface area contributed by atoms with Gasteiger partial charge in [-0.2, -0.15) is 11.3 Å². The third-order valence-corrected chi connectivity index (χ3v) is 3.32. The number of hydrogen-bond acceptors (Lipinski definition) is 4. The molecule has 1 aromatic rings. The molecule has 20 heavy (non-hydrogen) atoms. The van der Waals surface area contributed by atoms with Crippen molar-refractivity contribution in [1.29, 1.82) is 0 Å². The zero-order valence-electron chi connectivity index (χ0n) is 12.7. The Hall–Kier alpha value is -1.36. The zero-order valence-corrected chi connectivity index (χ0v) is 13.5. The molecule has 0 aromatic carbocycles. The molecule has 1 aromatic heterocycles. The summed E-state index contributed by atoms with van der Waals surface area (Å²) in [5.74, 6) is -0.560. The van der Waals surface area contributed by atoms with Gasteiger partial charge in [0, 0.05) is 0 Å². The van der Waals surface area contributed by atoms with E-state index in [2.05, 4.69) is 5.32 Å². The molecule has 1 N–H and O–H groups in total. The molecule has 0 bridgehead atoms. The SMILES string of the molecule is CC(C)[C@H](NC(=O)Cc1ccsc1)C(=O)OC(C)(C)C. The Kier molecular flexibility index (Phi) is 5.74. The predicted octanol–water partition coefficient (Wildman–Crippen LogP) is 2.77. The first-order valence-corrected chi connectivity index (χ1v) is 7.66. The van der Waals surface area contributed by atoms with Crippen LogP contribution in [0.2, 0.25) is 0 Å². The average Bonchev–Trinajstić information content (AvgIpc) is 2.75. The van der Waals surface area contributed by atoms with Gasteiger partial charge in [-0.15, -0.1) is 0 Å². The van der Waals surface area contributed by atoms with E-state index in [1.165, 1.54) is 0 Å². The number of esters is 1. The summed E-state index contributed by atoms with van der Waals surface area (Å²) in [7, 11) is 0. The Morgan fingerprint density at radius 2 is 2.00 bits per heavy atom. The van der Waals surface area contributed by atoms with Gasteiger partial charge in [0.25, 0.3) is 0 Å². The summed E-state index contributed by atoms with van der Waals surface area (Å²) >= 11 is 1.55. The Morgan fingerprint density at radius 3 is 2.45 bits per heavy atom. The van der Waals surface area contributed by atoms with Gasteiger partial charge >= 0.3 is 5.97 Å². The van der Waals surface area contributed by atoms with Crippen molar-refractivity contribution in [3.8, 4) is 0 Å². The molecule has 0 fully saturated rings. The van der Waals surface area contributed by atoms with Crippen molar-refractivity contribution in [3.05, 3.63) is 22.4 Å². The van der Waals surface area contributed by atoms with Crippen LogP contribution in [0.3, 0.4) is 0 Å². The van der Waals surface area contributed by atoms with Crippen LogP contribution in [0.25, 0.3) is 0 Å². The van der Waals surface area contributed by atoms with Gasteiger partial charge in [-0.3, -0.25) is 4.79 Å². The van der Waals surface area contributed by atoms with Crippen molar-refractivity contribution in [2.75, 3.05) is 0 Å². The Balaban J connectivity index is 2.63. The maximum atomic E-state index is 12.1. The summed E-state index contributed by atoms with van der Waals surface area (Å²) in [6.07, 6.45) is 0.287. The van der Waals surface area contributed by atoms with E-state index in [-0.39, 0.29) is 24.2 Å². The van der Waals surface area contributed by atoms with E-state index in [0.717, 1.165) is 5.56 Å². The van der Waals surface area contributed by atoms with E-state index in [4.69, 9.17) is 4.74 Å². The van der Waals surface area contributed by atoms with Gasteiger partial charge in [0.2, 0.25) is 5.91 Å². The van der Waals surface area contributed by atoms with Crippen LogP contribution >= 0.6 is 11.3 Å². The van der Waals surface area contributed by atoms with Crippen molar-refractivity contribution in [2.45, 2.75) is 52.7 Å². The molecule has 1 rings (SSSR count). The Labute approximate surface area is 124 Å². The monoisotopic (exact) mass is 297 g/mol. The second-order valence-electron chi connectivity index (χ2n) is 6.13. The highest BCUT2D eigenvalue weighted by Crippen LogP contribution is 2.13. The van der Waals surface area contributed by atoms with Crippen LogP contribution in [0, 0.1) is 5.92 Å². The first kappa shape index (κ1) is 16.7. The quantitative estimate of drug-likeness (QED) is 0.850. The molecule has 1 amide bonds. The van der Waals surface area contributed by atoms with Gasteiger partial charge in [0.05, 0.1) is 6.42 Å². The standard InChI is InChI=1S/C15H23NO3S/c1-10(2)13(14(18)19-15(3,4)5)16-12(17)8-11-6-7-20-9-11/h6-7,9-10,13H,8H2,1-5H3,(H,16,17)/t13-/m0/s1. The molecule has 0 aliphatic heterocycles. The van der Waals surface area contributed by atoms with E-state index in [1.54, 1.807) is 11.3 Å². The zero-order chi connectivity index (χ0) is 15.3. The Bertz CT molecular complexity index is 446. The lowest BCUT2D eigenvalue weighted by Crippen LogP contribution is -2.47. The van der Waals surface area contributed by atoms with E-state index in [1.807, 2.05) is 51.4 Å². The molecule has 1 heterocycles. The number of ether oxygens (including phenoxy) is 1. The first-order chi connectivity index (χ1) is 9.19. The second-order valence-corrected chi connectivity index (χ2v) is 6.91. The normalized spacial score (nSPS) is 13.1. The molecule has 5 heteroatoms. The number of carbonyl (C=O) groups excluding carboxylic acids is 2. The number of amides is 1. The fourth-order valence-corrected chi connectivity index (χ4v) is 2.33. The van der Waals surface area contributed by atoms with Crippen molar-refractivity contribution >= 4 is 23.2 Å². The maximum Gasteiger partial charge on any atom is 0.329 e. The van der Waals surface area contributed by atoms with Crippen LogP contribution in [-0.2, 0) is 20.7 Å². The van der Waals surface area contributed by atoms with E-state index >= 15 is 0 Å². The lowest BCUT2D eigenvalue weighted by atomic mass is 10.0. The number of thiophene rings is 1. The van der Waals surface area contributed by atoms with Gasteiger partial charge in [-0.1, -0.05) is 13.8 Å². The molecule has 4 nitrogen and oxygen atoms in total. The molecular weight excluding hydrogens is 274 g/mol. The Morgan fingerprint density at radius 1 is 1.35 bits per heavy atom. The molecular formula is C15H23NO3S. The summed E-state index contributed by atoms with van der Waals surface area (Å²) < 4.78 is 5.35. The van der Waals surface area contributed by atoms with E-state index in [9.17, 15) is 9.59 Å². The number of hydrogen-bond donors (Lipinski definition) is 1. The number of rotatable bonds is 5. The minimum Gasteiger partial charge on any atom is -0.458 e. The summed E-state index contributed by atoms with van der Waals surface area (Å²) in [6.45, 7) is 9.22. The fraction of sp³-hybridized carbons (Fsp3) is 0.600. The van der Waals surface area contributed by atoms with Crippen LogP contribution in [-0.4, -0.2) is 23.5 Å². The summed E-state index contributed by atoms with van der Waals surface area (Å²) in [4.78, 5) is 24.1. The van der Waals surface area contributed by atoms with Gasteiger partial charge in [-0.25, -0.2) is 4.79 Å². The summed E-state index contributed by atoms with van der Waals surface area (Å²) in [5.41, 5.74) is 0.404. The molecule has 0 saturated carbocycles. The molecule has 112 valence electrons. The third-order valence-electron chi connectivity index (χ3n) is 2.59. The third kappa shape index (κ3) is 5.74. The highest BCUT2D eigenvalue weighted by molar-refractivity contribution is 7.07. The largest absolute Gasteiger partial charge is 0.458 e. The molecule has 0 unspecified atom stereocenters. The summed E-state index contributed by atoms with van der Waals surface area (Å²) in [6, 6.07) is 1.29. The molecule has 0 aliphatic rings. The predicted molar refractivity (Wildman–Crippen MR) is 80.6 cm³/mol. The van der Waals surface area contributed by atoms with Gasteiger partial charge < -0.3 is 10.1 Å². The van der Waals surface area contributed by atoms with Gasteiger partial charge in [0.1, 0.15) is 11.6 Å². The second kappa shape index (κ2) is 6.88. The lowest BCUT2D eigenvalue weighted by molar-refractivity contribution is -0.159. The average molecular weight is 297 g/mol. The highest BCUT2D eigenvalue weighted by Gasteiger charge is 2.29. The lowest BCUT2D eigenvalue weighted by Gasteiger charge is -2.26. The molecule has 1 atom stereocenters. The van der Waals surface area contributed by atoms with Crippen LogP contribution in [0.5, 0.6) is 0 Å². The molecule has 0 aliphatic carbocycles. The maximum absolute atomic E-state index is 12.1. The number of carbonyl (C=O) groups is 2. The molecule has 0 spiro atoms. The highest BCUT2D eigenvalue weighted by atomic mass is 32.1. The van der Waals surface area contributed by atoms with Crippen molar-refractivity contribution < 1.29 is 14.3 Å². The topological polar surface area (TPSA) is 55.4 Å². The smallest absolute Gasteiger partial charge is 0.329 e. The van der Waals surface area contributed by atoms with Gasteiger partial charge in [0.15, 0.2) is 0 Å². The minimum atomic E-state index is -0.611. The summed E-state index contributed by atoms with van der Waals surface area (Å²) in [5, 5.41) is 6.62. The molecule has 0 saturated heterocycles. The first-order valence-electron chi connectivity index (χ1n) is 6.72. The fourth-order valence-electron chi connectivity index (χ4n) is 1.67. The van der Waals surface area contributed by atoms with Crippen molar-refractivity contribution in [3.63, 3.8) is 0 Å².